The van der Waals surface area contributed by atoms with Crippen molar-refractivity contribution in [1.29, 1.82) is 0 Å². The monoisotopic (exact) mass is 398 g/mol. The smallest absolute Gasteiger partial charge is 0.245 e. The Morgan fingerprint density at radius 1 is 1.04 bits per heavy atom. The standard InChI is InChI=1S/C19H22N6O2S/c26-28(27,16-5-1-3-14-4-2-8-21-18(14)16)24-10-6-15(7-11-24)19-23-22-17-13-20-9-12-25(17)19/h1-5,8,15,20H,6-7,9-13H2. The Balaban J connectivity index is 1.38. The fourth-order valence-corrected chi connectivity index (χ4v) is 5.83. The molecule has 1 aromatic carbocycles. The highest BCUT2D eigenvalue weighted by atomic mass is 32.2. The third-order valence-electron chi connectivity index (χ3n) is 5.68. The fraction of sp³-hybridized carbons (Fsp3) is 0.421. The number of para-hydroxylation sites is 1. The molecule has 2 aliphatic heterocycles. The number of pyridine rings is 1. The number of rotatable bonds is 3. The minimum atomic E-state index is -3.58. The van der Waals surface area contributed by atoms with E-state index in [2.05, 4.69) is 25.1 Å². The second-order valence-corrected chi connectivity index (χ2v) is 9.22. The van der Waals surface area contributed by atoms with Gasteiger partial charge in [0, 0.05) is 43.7 Å². The van der Waals surface area contributed by atoms with Crippen molar-refractivity contribution in [2.24, 2.45) is 0 Å². The molecule has 2 aliphatic rings. The van der Waals surface area contributed by atoms with E-state index in [0.717, 1.165) is 49.5 Å². The number of nitrogens with one attached hydrogen (secondary N) is 1. The first-order valence-electron chi connectivity index (χ1n) is 9.61. The quantitative estimate of drug-likeness (QED) is 0.719. The van der Waals surface area contributed by atoms with Crippen molar-refractivity contribution in [3.8, 4) is 0 Å². The molecule has 0 unspecified atom stereocenters. The second kappa shape index (κ2) is 6.91. The van der Waals surface area contributed by atoms with Crippen LogP contribution < -0.4 is 5.32 Å². The molecule has 0 atom stereocenters. The molecule has 3 aromatic rings. The number of fused-ring (bicyclic) bond motifs is 2. The number of hydrogen-bond acceptors (Lipinski definition) is 6. The lowest BCUT2D eigenvalue weighted by Gasteiger charge is -2.31. The topological polar surface area (TPSA) is 93.0 Å². The van der Waals surface area contributed by atoms with Crippen molar-refractivity contribution in [2.45, 2.75) is 36.7 Å². The number of nitrogens with zero attached hydrogens (tertiary/aromatic N) is 5. The number of hydrogen-bond donors (Lipinski definition) is 1. The van der Waals surface area contributed by atoms with Crippen LogP contribution in [0.3, 0.4) is 0 Å². The molecule has 4 heterocycles. The summed E-state index contributed by atoms with van der Waals surface area (Å²) in [5.74, 6) is 2.22. The summed E-state index contributed by atoms with van der Waals surface area (Å²) in [7, 11) is -3.58. The summed E-state index contributed by atoms with van der Waals surface area (Å²) >= 11 is 0. The molecule has 146 valence electrons. The maximum Gasteiger partial charge on any atom is 0.245 e. The van der Waals surface area contributed by atoms with Crippen molar-refractivity contribution in [2.75, 3.05) is 19.6 Å². The number of sulfonamides is 1. The molecule has 1 N–H and O–H groups in total. The Hall–Kier alpha value is -2.36. The van der Waals surface area contributed by atoms with E-state index in [1.54, 1.807) is 22.6 Å². The third-order valence-corrected chi connectivity index (χ3v) is 7.61. The summed E-state index contributed by atoms with van der Waals surface area (Å²) < 4.78 is 30.3. The van der Waals surface area contributed by atoms with Gasteiger partial charge in [0.15, 0.2) is 0 Å². The van der Waals surface area contributed by atoms with E-state index in [4.69, 9.17) is 0 Å². The highest BCUT2D eigenvalue weighted by Crippen LogP contribution is 2.32. The molecule has 0 saturated carbocycles. The van der Waals surface area contributed by atoms with Gasteiger partial charge in [0.1, 0.15) is 16.5 Å². The zero-order valence-corrected chi connectivity index (χ0v) is 16.3. The zero-order chi connectivity index (χ0) is 19.1. The van der Waals surface area contributed by atoms with Crippen LogP contribution in [0.2, 0.25) is 0 Å². The van der Waals surface area contributed by atoms with E-state index < -0.39 is 10.0 Å². The Bertz CT molecular complexity index is 1110. The average molecular weight is 398 g/mol. The Morgan fingerprint density at radius 2 is 1.86 bits per heavy atom. The molecular weight excluding hydrogens is 376 g/mol. The van der Waals surface area contributed by atoms with Gasteiger partial charge >= 0.3 is 0 Å². The van der Waals surface area contributed by atoms with Crippen molar-refractivity contribution < 1.29 is 8.42 Å². The van der Waals surface area contributed by atoms with E-state index in [9.17, 15) is 8.42 Å². The van der Waals surface area contributed by atoms with Gasteiger partial charge in [-0.05, 0) is 25.0 Å². The Labute approximate surface area is 163 Å². The summed E-state index contributed by atoms with van der Waals surface area (Å²) in [5.41, 5.74) is 0.533. The van der Waals surface area contributed by atoms with Gasteiger partial charge in [0.05, 0.1) is 12.1 Å². The molecule has 9 heteroatoms. The van der Waals surface area contributed by atoms with Crippen LogP contribution in [0.5, 0.6) is 0 Å². The first kappa shape index (κ1) is 17.7. The van der Waals surface area contributed by atoms with Gasteiger partial charge < -0.3 is 9.88 Å². The van der Waals surface area contributed by atoms with Crippen molar-refractivity contribution in [3.05, 3.63) is 48.2 Å². The maximum absolute atomic E-state index is 13.3. The molecule has 8 nitrogen and oxygen atoms in total. The van der Waals surface area contributed by atoms with Crippen LogP contribution >= 0.6 is 0 Å². The zero-order valence-electron chi connectivity index (χ0n) is 15.5. The lowest BCUT2D eigenvalue weighted by molar-refractivity contribution is 0.307. The minimum Gasteiger partial charge on any atom is -0.312 e. The van der Waals surface area contributed by atoms with Crippen LogP contribution in [0, 0.1) is 0 Å². The van der Waals surface area contributed by atoms with Gasteiger partial charge in [-0.25, -0.2) is 8.42 Å². The first-order chi connectivity index (χ1) is 13.6. The summed E-state index contributed by atoms with van der Waals surface area (Å²) in [4.78, 5) is 4.60. The summed E-state index contributed by atoms with van der Waals surface area (Å²) in [5, 5.41) is 12.8. The SMILES string of the molecule is O=S(=O)(c1cccc2cccnc12)N1CCC(c2nnc3n2CCNC3)CC1. The van der Waals surface area contributed by atoms with Gasteiger partial charge in [-0.3, -0.25) is 4.98 Å². The molecule has 1 fully saturated rings. The number of benzene rings is 1. The van der Waals surface area contributed by atoms with Crippen LogP contribution in [-0.4, -0.2) is 52.1 Å². The average Bonchev–Trinajstić information content (AvgIpc) is 3.17. The maximum atomic E-state index is 13.3. The van der Waals surface area contributed by atoms with Crippen molar-refractivity contribution >= 4 is 20.9 Å². The van der Waals surface area contributed by atoms with Gasteiger partial charge in [0.25, 0.3) is 0 Å². The molecule has 0 aliphatic carbocycles. The summed E-state index contributed by atoms with van der Waals surface area (Å²) in [6.45, 7) is 3.50. The van der Waals surface area contributed by atoms with Crippen LogP contribution in [0.4, 0.5) is 0 Å². The normalized spacial score (nSPS) is 19.0. The Morgan fingerprint density at radius 3 is 2.71 bits per heavy atom. The lowest BCUT2D eigenvalue weighted by Crippen LogP contribution is -2.39. The molecule has 28 heavy (non-hydrogen) atoms. The predicted molar refractivity (Wildman–Crippen MR) is 104 cm³/mol. The van der Waals surface area contributed by atoms with E-state index >= 15 is 0 Å². The number of piperidine rings is 1. The predicted octanol–water partition coefficient (Wildman–Crippen LogP) is 1.50. The minimum absolute atomic E-state index is 0.247. The molecule has 0 spiro atoms. The molecule has 2 aromatic heterocycles. The van der Waals surface area contributed by atoms with Gasteiger partial charge in [-0.15, -0.1) is 10.2 Å². The molecule has 0 radical (unpaired) electrons. The van der Waals surface area contributed by atoms with Crippen molar-refractivity contribution in [3.63, 3.8) is 0 Å². The van der Waals surface area contributed by atoms with Crippen LogP contribution in [0.15, 0.2) is 41.4 Å². The number of aromatic nitrogens is 4. The molecule has 0 bridgehead atoms. The van der Waals surface area contributed by atoms with Crippen molar-refractivity contribution in [1.82, 2.24) is 29.4 Å². The van der Waals surface area contributed by atoms with E-state index in [-0.39, 0.29) is 10.8 Å². The van der Waals surface area contributed by atoms with Crippen LogP contribution in [0.25, 0.3) is 10.9 Å². The van der Waals surface area contributed by atoms with E-state index in [1.165, 1.54) is 0 Å². The van der Waals surface area contributed by atoms with Gasteiger partial charge in [0.2, 0.25) is 10.0 Å². The molecule has 1 saturated heterocycles. The van der Waals surface area contributed by atoms with Gasteiger partial charge in [-0.1, -0.05) is 18.2 Å². The summed E-state index contributed by atoms with van der Waals surface area (Å²) in [6, 6.07) is 9.02. The van der Waals surface area contributed by atoms with E-state index in [0.29, 0.717) is 18.6 Å². The summed E-state index contributed by atoms with van der Waals surface area (Å²) in [6.07, 6.45) is 3.14. The highest BCUT2D eigenvalue weighted by molar-refractivity contribution is 7.89. The largest absolute Gasteiger partial charge is 0.312 e. The van der Waals surface area contributed by atoms with Crippen LogP contribution in [0.1, 0.15) is 30.4 Å². The third kappa shape index (κ3) is 2.90. The van der Waals surface area contributed by atoms with Gasteiger partial charge in [-0.2, -0.15) is 4.31 Å². The fourth-order valence-electron chi connectivity index (χ4n) is 4.19. The van der Waals surface area contributed by atoms with E-state index in [1.807, 2.05) is 18.2 Å². The van der Waals surface area contributed by atoms with Crippen LogP contribution in [-0.2, 0) is 23.1 Å². The first-order valence-corrected chi connectivity index (χ1v) is 11.1. The second-order valence-electron chi connectivity index (χ2n) is 7.31. The Kier molecular flexibility index (Phi) is 4.37. The molecular formula is C19H22N6O2S. The molecule has 5 rings (SSSR count). The lowest BCUT2D eigenvalue weighted by atomic mass is 9.97. The molecule has 0 amide bonds. The highest BCUT2D eigenvalue weighted by Gasteiger charge is 2.33.